The molecule has 3 nitrogen and oxygen atoms in total. The van der Waals surface area contributed by atoms with Crippen molar-refractivity contribution in [1.29, 1.82) is 0 Å². The number of ether oxygens (including phenoxy) is 2. The van der Waals surface area contributed by atoms with E-state index in [2.05, 4.69) is 48.6 Å². The van der Waals surface area contributed by atoms with Gasteiger partial charge in [-0.15, -0.1) is 12.4 Å². The molecule has 3 rings (SSSR count). The zero-order valence-corrected chi connectivity index (χ0v) is 18.4. The SMILES string of the molecule is COc1ccc(CCNCc2cc(Cl)ccc2OCc2ccc(C)cc2)cc1.Cl. The molecule has 0 amide bonds. The number of halogens is 2. The van der Waals surface area contributed by atoms with Crippen LogP contribution in [0.4, 0.5) is 0 Å². The van der Waals surface area contributed by atoms with E-state index in [0.717, 1.165) is 40.6 Å². The molecule has 0 aliphatic heterocycles. The van der Waals surface area contributed by atoms with Gasteiger partial charge in [0.2, 0.25) is 0 Å². The summed E-state index contributed by atoms with van der Waals surface area (Å²) in [4.78, 5) is 0. The summed E-state index contributed by atoms with van der Waals surface area (Å²) in [5.41, 5.74) is 4.74. The van der Waals surface area contributed by atoms with Crippen LogP contribution in [-0.2, 0) is 19.6 Å². The third-order valence-electron chi connectivity index (χ3n) is 4.60. The standard InChI is InChI=1S/C24H26ClNO2.ClH/c1-18-3-5-20(6-4-18)17-28-24-12-9-22(25)15-21(24)16-26-14-13-19-7-10-23(27-2)11-8-19;/h3-12,15,26H,13-14,16-17H2,1-2H3;1H. The molecule has 3 aromatic rings. The van der Waals surface area contributed by atoms with E-state index >= 15 is 0 Å². The van der Waals surface area contributed by atoms with E-state index in [4.69, 9.17) is 21.1 Å². The van der Waals surface area contributed by atoms with Crippen LogP contribution in [-0.4, -0.2) is 13.7 Å². The Balaban J connectivity index is 0.00000300. The quantitative estimate of drug-likeness (QED) is 0.422. The van der Waals surface area contributed by atoms with Gasteiger partial charge in [0.05, 0.1) is 7.11 Å². The fraction of sp³-hybridized carbons (Fsp3) is 0.250. The fourth-order valence-corrected chi connectivity index (χ4v) is 3.12. The first-order chi connectivity index (χ1) is 13.6. The van der Waals surface area contributed by atoms with Crippen molar-refractivity contribution in [1.82, 2.24) is 5.32 Å². The normalized spacial score (nSPS) is 10.3. The molecular weight excluding hydrogens is 405 g/mol. The van der Waals surface area contributed by atoms with E-state index in [9.17, 15) is 0 Å². The zero-order valence-electron chi connectivity index (χ0n) is 16.8. The summed E-state index contributed by atoms with van der Waals surface area (Å²) in [5, 5.41) is 4.20. The van der Waals surface area contributed by atoms with Crippen molar-refractivity contribution in [2.24, 2.45) is 0 Å². The molecule has 3 aromatic carbocycles. The second-order valence-electron chi connectivity index (χ2n) is 6.80. The topological polar surface area (TPSA) is 30.5 Å². The van der Waals surface area contributed by atoms with Gasteiger partial charge < -0.3 is 14.8 Å². The number of rotatable bonds is 9. The van der Waals surface area contributed by atoms with Crippen molar-refractivity contribution in [3.05, 3.63) is 94.0 Å². The molecule has 0 spiro atoms. The van der Waals surface area contributed by atoms with Gasteiger partial charge >= 0.3 is 0 Å². The third kappa shape index (κ3) is 7.28. The molecule has 5 heteroatoms. The summed E-state index contributed by atoms with van der Waals surface area (Å²) in [5.74, 6) is 1.74. The first kappa shape index (κ1) is 23.1. The summed E-state index contributed by atoms with van der Waals surface area (Å²) in [7, 11) is 1.68. The van der Waals surface area contributed by atoms with Gasteiger partial charge in [0.15, 0.2) is 0 Å². The summed E-state index contributed by atoms with van der Waals surface area (Å²) in [6.45, 7) is 4.20. The van der Waals surface area contributed by atoms with E-state index in [0.29, 0.717) is 13.2 Å². The summed E-state index contributed by atoms with van der Waals surface area (Å²) >= 11 is 6.19. The van der Waals surface area contributed by atoms with Gasteiger partial charge in [-0.25, -0.2) is 0 Å². The first-order valence-corrected chi connectivity index (χ1v) is 9.82. The van der Waals surface area contributed by atoms with Crippen molar-refractivity contribution in [3.63, 3.8) is 0 Å². The van der Waals surface area contributed by atoms with Crippen LogP contribution in [0.1, 0.15) is 22.3 Å². The Morgan fingerprint density at radius 2 is 1.59 bits per heavy atom. The van der Waals surface area contributed by atoms with Crippen LogP contribution in [0.15, 0.2) is 66.7 Å². The van der Waals surface area contributed by atoms with Crippen LogP contribution in [0.5, 0.6) is 11.5 Å². The highest BCUT2D eigenvalue weighted by molar-refractivity contribution is 6.30. The number of hydrogen-bond donors (Lipinski definition) is 1. The van der Waals surface area contributed by atoms with Crippen LogP contribution in [0.3, 0.4) is 0 Å². The minimum absolute atomic E-state index is 0. The molecule has 0 bridgehead atoms. The highest BCUT2D eigenvalue weighted by Gasteiger charge is 2.06. The van der Waals surface area contributed by atoms with Gasteiger partial charge in [0, 0.05) is 17.1 Å². The number of methoxy groups -OCH3 is 1. The maximum atomic E-state index is 6.19. The number of hydrogen-bond acceptors (Lipinski definition) is 3. The number of benzene rings is 3. The molecule has 29 heavy (non-hydrogen) atoms. The molecule has 0 radical (unpaired) electrons. The Hall–Kier alpha value is -2.20. The summed E-state index contributed by atoms with van der Waals surface area (Å²) in [6, 6.07) is 22.3. The van der Waals surface area contributed by atoms with Crippen molar-refractivity contribution in [2.45, 2.75) is 26.5 Å². The maximum absolute atomic E-state index is 6.19. The van der Waals surface area contributed by atoms with Crippen molar-refractivity contribution in [2.75, 3.05) is 13.7 Å². The molecule has 0 saturated carbocycles. The van der Waals surface area contributed by atoms with Crippen molar-refractivity contribution in [3.8, 4) is 11.5 Å². The van der Waals surface area contributed by atoms with E-state index in [1.165, 1.54) is 11.1 Å². The molecule has 0 aliphatic rings. The lowest BCUT2D eigenvalue weighted by Gasteiger charge is -2.13. The van der Waals surface area contributed by atoms with Crippen LogP contribution in [0.2, 0.25) is 5.02 Å². The van der Waals surface area contributed by atoms with E-state index in [1.807, 2.05) is 30.3 Å². The van der Waals surface area contributed by atoms with E-state index < -0.39 is 0 Å². The van der Waals surface area contributed by atoms with Gasteiger partial charge in [-0.1, -0.05) is 53.6 Å². The largest absolute Gasteiger partial charge is 0.497 e. The molecule has 0 saturated heterocycles. The maximum Gasteiger partial charge on any atom is 0.124 e. The fourth-order valence-electron chi connectivity index (χ4n) is 2.92. The monoisotopic (exact) mass is 431 g/mol. The molecule has 0 atom stereocenters. The van der Waals surface area contributed by atoms with E-state index in [-0.39, 0.29) is 12.4 Å². The first-order valence-electron chi connectivity index (χ1n) is 9.44. The average molecular weight is 432 g/mol. The molecular formula is C24H27Cl2NO2. The molecule has 0 fully saturated rings. The minimum atomic E-state index is 0. The van der Waals surface area contributed by atoms with Crippen molar-refractivity contribution >= 4 is 24.0 Å². The van der Waals surface area contributed by atoms with Crippen LogP contribution >= 0.6 is 24.0 Å². The Morgan fingerprint density at radius 1 is 0.897 bits per heavy atom. The summed E-state index contributed by atoms with van der Waals surface area (Å²) < 4.78 is 11.2. The molecule has 0 heterocycles. The smallest absolute Gasteiger partial charge is 0.124 e. The number of nitrogens with one attached hydrogen (secondary N) is 1. The van der Waals surface area contributed by atoms with E-state index in [1.54, 1.807) is 7.11 Å². The zero-order chi connectivity index (χ0) is 19.8. The van der Waals surface area contributed by atoms with Gasteiger partial charge in [-0.2, -0.15) is 0 Å². The van der Waals surface area contributed by atoms with Gasteiger partial charge in [0.1, 0.15) is 18.1 Å². The Kier molecular flexibility index (Phi) is 9.33. The second-order valence-corrected chi connectivity index (χ2v) is 7.24. The Morgan fingerprint density at radius 3 is 2.28 bits per heavy atom. The lowest BCUT2D eigenvalue weighted by atomic mass is 10.1. The predicted octanol–water partition coefficient (Wildman–Crippen LogP) is 5.99. The molecule has 154 valence electrons. The molecule has 0 aromatic heterocycles. The minimum Gasteiger partial charge on any atom is -0.497 e. The number of aryl methyl sites for hydroxylation is 1. The Bertz CT molecular complexity index is 880. The average Bonchev–Trinajstić information content (AvgIpc) is 2.72. The molecule has 1 N–H and O–H groups in total. The molecule has 0 unspecified atom stereocenters. The van der Waals surface area contributed by atoms with Crippen LogP contribution in [0, 0.1) is 6.92 Å². The lowest BCUT2D eigenvalue weighted by molar-refractivity contribution is 0.302. The lowest BCUT2D eigenvalue weighted by Crippen LogP contribution is -2.17. The molecule has 0 aliphatic carbocycles. The second kappa shape index (κ2) is 11.7. The van der Waals surface area contributed by atoms with Crippen LogP contribution < -0.4 is 14.8 Å². The van der Waals surface area contributed by atoms with Gasteiger partial charge in [-0.05, 0) is 61.3 Å². The van der Waals surface area contributed by atoms with Gasteiger partial charge in [-0.3, -0.25) is 0 Å². The highest BCUT2D eigenvalue weighted by Crippen LogP contribution is 2.24. The van der Waals surface area contributed by atoms with Gasteiger partial charge in [0.25, 0.3) is 0 Å². The highest BCUT2D eigenvalue weighted by atomic mass is 35.5. The third-order valence-corrected chi connectivity index (χ3v) is 4.84. The predicted molar refractivity (Wildman–Crippen MR) is 123 cm³/mol. The summed E-state index contributed by atoms with van der Waals surface area (Å²) in [6.07, 6.45) is 0.949. The Labute approximate surface area is 184 Å². The van der Waals surface area contributed by atoms with Crippen molar-refractivity contribution < 1.29 is 9.47 Å². The van der Waals surface area contributed by atoms with Crippen LogP contribution in [0.25, 0.3) is 0 Å².